The number of nitrogens with one attached hydrogen (secondary N) is 1. The fourth-order valence-corrected chi connectivity index (χ4v) is 5.80. The van der Waals surface area contributed by atoms with Crippen LogP contribution in [0.3, 0.4) is 0 Å². The lowest BCUT2D eigenvalue weighted by Crippen LogP contribution is -2.37. The number of nitrogens with zero attached hydrogens (tertiary/aromatic N) is 6. The van der Waals surface area contributed by atoms with E-state index in [0.717, 1.165) is 83.9 Å². The quantitative estimate of drug-likeness (QED) is 0.435. The van der Waals surface area contributed by atoms with Gasteiger partial charge in [0.1, 0.15) is 11.9 Å². The van der Waals surface area contributed by atoms with Crippen LogP contribution < -0.4 is 25.4 Å². The first-order valence-corrected chi connectivity index (χ1v) is 13.4. The number of nitriles is 1. The van der Waals surface area contributed by atoms with Crippen molar-refractivity contribution in [2.24, 2.45) is 14.1 Å². The smallest absolute Gasteiger partial charge is 0.253 e. The van der Waals surface area contributed by atoms with Crippen molar-refractivity contribution in [3.8, 4) is 22.9 Å². The van der Waals surface area contributed by atoms with Crippen molar-refractivity contribution >= 4 is 28.0 Å². The van der Waals surface area contributed by atoms with E-state index in [4.69, 9.17) is 4.74 Å². The van der Waals surface area contributed by atoms with Crippen LogP contribution in [-0.4, -0.2) is 53.7 Å². The summed E-state index contributed by atoms with van der Waals surface area (Å²) in [5.74, 6) is 0.760. The van der Waals surface area contributed by atoms with E-state index < -0.39 is 0 Å². The Morgan fingerprint density at radius 3 is 2.54 bits per heavy atom. The lowest BCUT2D eigenvalue weighted by molar-refractivity contribution is 0.162. The first-order chi connectivity index (χ1) is 18.8. The van der Waals surface area contributed by atoms with Gasteiger partial charge in [-0.25, -0.2) is 0 Å². The van der Waals surface area contributed by atoms with Crippen molar-refractivity contribution in [1.29, 1.82) is 5.26 Å². The van der Waals surface area contributed by atoms with Crippen LogP contribution in [0.25, 0.3) is 22.0 Å². The number of anilines is 3. The summed E-state index contributed by atoms with van der Waals surface area (Å²) in [4.78, 5) is 17.4. The van der Waals surface area contributed by atoms with E-state index in [-0.39, 0.29) is 11.7 Å². The van der Waals surface area contributed by atoms with Gasteiger partial charge in [-0.2, -0.15) is 10.4 Å². The first-order valence-electron chi connectivity index (χ1n) is 13.4. The highest BCUT2D eigenvalue weighted by Gasteiger charge is 2.27. The van der Waals surface area contributed by atoms with Gasteiger partial charge in [0.05, 0.1) is 40.4 Å². The SMILES string of the molecule is Cc1cc2c(N3CCN(C)c4cc(-c5cnn(C)c5)c(C#N)cc43)cc(OC3CCNCC3)cc2n(C)c1=O. The molecule has 1 saturated heterocycles. The number of ether oxygens (including phenoxy) is 1. The third kappa shape index (κ3) is 4.41. The number of fused-ring (bicyclic) bond motifs is 2. The zero-order chi connectivity index (χ0) is 27.3. The Morgan fingerprint density at radius 1 is 1.03 bits per heavy atom. The van der Waals surface area contributed by atoms with E-state index in [0.29, 0.717) is 11.1 Å². The maximum Gasteiger partial charge on any atom is 0.253 e. The third-order valence-corrected chi connectivity index (χ3v) is 7.97. The molecule has 0 radical (unpaired) electrons. The van der Waals surface area contributed by atoms with Gasteiger partial charge in [-0.15, -0.1) is 0 Å². The standard InChI is InChI=1S/C30H33N7O2/c1-19-11-25-26(36(4)30(19)38)13-23(39-22-5-7-32-8-6-22)14-27(25)37-10-9-34(2)28-15-24(20(16-31)12-29(28)37)21-17-33-35(3)18-21/h11-15,17-18,22,32H,5-10H2,1-4H3. The molecule has 0 bridgehead atoms. The number of hydrogen-bond donors (Lipinski definition) is 1. The molecule has 0 unspecified atom stereocenters. The maximum atomic E-state index is 12.9. The molecule has 2 aromatic heterocycles. The van der Waals surface area contributed by atoms with Crippen LogP contribution in [-0.2, 0) is 14.1 Å². The molecule has 9 nitrogen and oxygen atoms in total. The van der Waals surface area contributed by atoms with E-state index in [1.807, 2.05) is 45.4 Å². The molecule has 2 aliphatic rings. The first kappa shape index (κ1) is 25.0. The largest absolute Gasteiger partial charge is 0.490 e. The average Bonchev–Trinajstić information content (AvgIpc) is 3.38. The van der Waals surface area contributed by atoms with E-state index in [1.165, 1.54) is 0 Å². The highest BCUT2D eigenvalue weighted by atomic mass is 16.5. The van der Waals surface area contributed by atoms with Crippen molar-refractivity contribution in [3.05, 3.63) is 64.2 Å². The van der Waals surface area contributed by atoms with Crippen LogP contribution in [0.15, 0.2) is 47.5 Å². The molecule has 1 N–H and O–H groups in total. The Kier molecular flexibility index (Phi) is 6.28. The molecule has 2 aromatic carbocycles. The number of hydrogen-bond acceptors (Lipinski definition) is 7. The molecule has 0 saturated carbocycles. The molecule has 0 atom stereocenters. The second-order valence-corrected chi connectivity index (χ2v) is 10.6. The van der Waals surface area contributed by atoms with Gasteiger partial charge < -0.3 is 24.4 Å². The fourth-order valence-electron chi connectivity index (χ4n) is 5.80. The third-order valence-electron chi connectivity index (χ3n) is 7.97. The van der Waals surface area contributed by atoms with Gasteiger partial charge in [-0.3, -0.25) is 9.48 Å². The molecule has 39 heavy (non-hydrogen) atoms. The molecular formula is C30H33N7O2. The molecule has 0 aliphatic carbocycles. The van der Waals surface area contributed by atoms with E-state index in [9.17, 15) is 10.1 Å². The second kappa shape index (κ2) is 9.79. The van der Waals surface area contributed by atoms with Crippen LogP contribution >= 0.6 is 0 Å². The molecule has 4 aromatic rings. The van der Waals surface area contributed by atoms with E-state index in [1.54, 1.807) is 15.4 Å². The van der Waals surface area contributed by atoms with E-state index >= 15 is 0 Å². The number of aromatic nitrogens is 3. The number of rotatable bonds is 4. The van der Waals surface area contributed by atoms with Crippen LogP contribution in [0.1, 0.15) is 24.0 Å². The van der Waals surface area contributed by atoms with Gasteiger partial charge in [-0.1, -0.05) is 0 Å². The zero-order valence-corrected chi connectivity index (χ0v) is 22.9. The minimum Gasteiger partial charge on any atom is -0.490 e. The molecule has 4 heterocycles. The van der Waals surface area contributed by atoms with Gasteiger partial charge in [0.15, 0.2) is 0 Å². The Labute approximate surface area is 227 Å². The molecule has 1 fully saturated rings. The summed E-state index contributed by atoms with van der Waals surface area (Å²) in [5.41, 5.74) is 6.86. The highest BCUT2D eigenvalue weighted by Crippen LogP contribution is 2.44. The van der Waals surface area contributed by atoms with Crippen LogP contribution in [0, 0.1) is 18.3 Å². The summed E-state index contributed by atoms with van der Waals surface area (Å²) in [5, 5.41) is 18.8. The van der Waals surface area contributed by atoms with Gasteiger partial charge in [0.25, 0.3) is 5.56 Å². The lowest BCUT2D eigenvalue weighted by Gasteiger charge is -2.38. The summed E-state index contributed by atoms with van der Waals surface area (Å²) in [6.45, 7) is 5.26. The second-order valence-electron chi connectivity index (χ2n) is 10.6. The number of piperidine rings is 1. The van der Waals surface area contributed by atoms with Gasteiger partial charge in [0, 0.05) is 74.6 Å². The summed E-state index contributed by atoms with van der Waals surface area (Å²) in [6.07, 6.45) is 5.75. The minimum absolute atomic E-state index is 0.0147. The number of benzene rings is 2. The molecular weight excluding hydrogens is 490 g/mol. The van der Waals surface area contributed by atoms with Crippen molar-refractivity contribution < 1.29 is 4.74 Å². The monoisotopic (exact) mass is 523 g/mol. The minimum atomic E-state index is -0.0147. The average molecular weight is 524 g/mol. The lowest BCUT2D eigenvalue weighted by atomic mass is 9.98. The topological polar surface area (TPSA) is 91.3 Å². The van der Waals surface area contributed by atoms with Crippen molar-refractivity contribution in [3.63, 3.8) is 0 Å². The predicted octanol–water partition coefficient (Wildman–Crippen LogP) is 3.84. The Morgan fingerprint density at radius 2 is 1.82 bits per heavy atom. The molecule has 6 rings (SSSR count). The van der Waals surface area contributed by atoms with Gasteiger partial charge in [-0.05, 0) is 51.1 Å². The van der Waals surface area contributed by atoms with Crippen LogP contribution in [0.4, 0.5) is 17.1 Å². The van der Waals surface area contributed by atoms with Gasteiger partial charge >= 0.3 is 0 Å². The molecule has 200 valence electrons. The number of aryl methyl sites for hydroxylation is 3. The van der Waals surface area contributed by atoms with Crippen molar-refractivity contribution in [1.82, 2.24) is 19.7 Å². The zero-order valence-electron chi connectivity index (χ0n) is 22.9. The summed E-state index contributed by atoms with van der Waals surface area (Å²) in [7, 11) is 5.78. The summed E-state index contributed by atoms with van der Waals surface area (Å²) in [6, 6.07) is 12.6. The predicted molar refractivity (Wildman–Crippen MR) is 154 cm³/mol. The van der Waals surface area contributed by atoms with Crippen molar-refractivity contribution in [2.45, 2.75) is 25.9 Å². The van der Waals surface area contributed by atoms with E-state index in [2.05, 4.69) is 45.5 Å². The number of pyridine rings is 1. The van der Waals surface area contributed by atoms with Gasteiger partial charge in [0.2, 0.25) is 0 Å². The molecule has 9 heteroatoms. The van der Waals surface area contributed by atoms with Crippen LogP contribution in [0.5, 0.6) is 5.75 Å². The van der Waals surface area contributed by atoms with Crippen molar-refractivity contribution in [2.75, 3.05) is 43.0 Å². The molecule has 0 spiro atoms. The normalized spacial score (nSPS) is 15.9. The molecule has 0 amide bonds. The Bertz CT molecular complexity index is 1670. The Hall–Kier alpha value is -4.29. The summed E-state index contributed by atoms with van der Waals surface area (Å²) >= 11 is 0. The fraction of sp³-hybridized carbons (Fsp3) is 0.367. The highest BCUT2D eigenvalue weighted by molar-refractivity contribution is 5.98. The van der Waals surface area contributed by atoms with Crippen LogP contribution in [0.2, 0.25) is 0 Å². The Balaban J connectivity index is 1.54. The maximum absolute atomic E-state index is 12.9. The number of likely N-dealkylation sites (N-methyl/N-ethyl adjacent to an activating group) is 1. The molecule has 2 aliphatic heterocycles. The summed E-state index contributed by atoms with van der Waals surface area (Å²) < 4.78 is 9.96.